The summed E-state index contributed by atoms with van der Waals surface area (Å²) >= 11 is 0. The molecule has 0 bridgehead atoms. The van der Waals surface area contributed by atoms with Crippen LogP contribution in [0.15, 0.2) is 65.3 Å². The van der Waals surface area contributed by atoms with Gasteiger partial charge in [-0.25, -0.2) is 4.79 Å². The van der Waals surface area contributed by atoms with Crippen LogP contribution >= 0.6 is 0 Å². The average Bonchev–Trinajstić information content (AvgIpc) is 3.14. The second-order valence-electron chi connectivity index (χ2n) is 4.91. The van der Waals surface area contributed by atoms with E-state index in [0.717, 1.165) is 0 Å². The molecule has 23 heavy (non-hydrogen) atoms. The first-order valence-corrected chi connectivity index (χ1v) is 7.06. The Morgan fingerprint density at radius 3 is 2.39 bits per heavy atom. The van der Waals surface area contributed by atoms with Crippen LogP contribution in [0.1, 0.15) is 26.5 Å². The highest BCUT2D eigenvalue weighted by atomic mass is 16.5. The standard InChI is InChI=1S/C19H14O4/c1-22-19(21)17-12-16(14-7-3-2-4-8-15(14)17)18(20)10-9-13-6-5-11-23-13/h2-12H,1H3/b10-9+. The minimum atomic E-state index is -0.463. The molecule has 0 fully saturated rings. The Bertz CT molecular complexity index is 844. The molecule has 1 heterocycles. The number of allylic oxidation sites excluding steroid dienone is 1. The third kappa shape index (κ3) is 2.92. The Kier molecular flexibility index (Phi) is 4.06. The molecule has 1 aromatic heterocycles. The smallest absolute Gasteiger partial charge is 0.338 e. The fourth-order valence-electron chi connectivity index (χ4n) is 2.43. The lowest BCUT2D eigenvalue weighted by Crippen LogP contribution is -2.00. The molecular weight excluding hydrogens is 292 g/mol. The first-order valence-electron chi connectivity index (χ1n) is 7.06. The van der Waals surface area contributed by atoms with E-state index in [4.69, 9.17) is 9.15 Å². The van der Waals surface area contributed by atoms with E-state index in [0.29, 0.717) is 28.0 Å². The molecule has 0 atom stereocenters. The van der Waals surface area contributed by atoms with Gasteiger partial charge in [0.05, 0.1) is 18.9 Å². The summed E-state index contributed by atoms with van der Waals surface area (Å²) in [5.74, 6) is -0.0732. The van der Waals surface area contributed by atoms with E-state index in [2.05, 4.69) is 0 Å². The maximum absolute atomic E-state index is 12.5. The van der Waals surface area contributed by atoms with Crippen molar-refractivity contribution in [2.24, 2.45) is 0 Å². The van der Waals surface area contributed by atoms with Crippen LogP contribution in [0, 0.1) is 0 Å². The Morgan fingerprint density at radius 2 is 1.74 bits per heavy atom. The van der Waals surface area contributed by atoms with Crippen molar-refractivity contribution in [1.82, 2.24) is 0 Å². The Morgan fingerprint density at radius 1 is 1.00 bits per heavy atom. The highest BCUT2D eigenvalue weighted by molar-refractivity contribution is 6.15. The summed E-state index contributed by atoms with van der Waals surface area (Å²) in [7, 11) is 1.32. The SMILES string of the molecule is COC(=O)c1cc(C(=O)/C=C/c2ccco2)c2cccccc1-2. The summed E-state index contributed by atoms with van der Waals surface area (Å²) in [6.45, 7) is 0. The molecule has 0 radical (unpaired) electrons. The molecule has 2 aliphatic rings. The van der Waals surface area contributed by atoms with Crippen LogP contribution in [0.4, 0.5) is 0 Å². The number of furan rings is 1. The first-order chi connectivity index (χ1) is 11.2. The van der Waals surface area contributed by atoms with Crippen molar-refractivity contribution in [3.05, 3.63) is 77.8 Å². The summed E-state index contributed by atoms with van der Waals surface area (Å²) in [5, 5.41) is 0. The first kappa shape index (κ1) is 14.8. The van der Waals surface area contributed by atoms with Crippen LogP contribution in [-0.2, 0) is 4.74 Å². The van der Waals surface area contributed by atoms with Gasteiger partial charge in [0, 0.05) is 5.56 Å². The summed E-state index contributed by atoms with van der Waals surface area (Å²) in [5.41, 5.74) is 2.24. The van der Waals surface area contributed by atoms with Gasteiger partial charge in [0.15, 0.2) is 5.78 Å². The van der Waals surface area contributed by atoms with Gasteiger partial charge in [0.2, 0.25) is 0 Å². The van der Waals surface area contributed by atoms with Crippen molar-refractivity contribution in [3.8, 4) is 11.1 Å². The number of methoxy groups -OCH3 is 1. The second-order valence-corrected chi connectivity index (χ2v) is 4.91. The van der Waals surface area contributed by atoms with Gasteiger partial charge in [-0.2, -0.15) is 0 Å². The fourth-order valence-corrected chi connectivity index (χ4v) is 2.43. The van der Waals surface area contributed by atoms with E-state index in [1.54, 1.807) is 30.3 Å². The lowest BCUT2D eigenvalue weighted by atomic mass is 10.1. The van der Waals surface area contributed by atoms with Crippen molar-refractivity contribution < 1.29 is 18.7 Å². The van der Waals surface area contributed by atoms with Gasteiger partial charge in [0.1, 0.15) is 5.76 Å². The van der Waals surface area contributed by atoms with Crippen molar-refractivity contribution in [1.29, 1.82) is 0 Å². The van der Waals surface area contributed by atoms with Crippen LogP contribution in [-0.4, -0.2) is 18.9 Å². The molecular formula is C19H14O4. The Labute approximate surface area is 133 Å². The molecule has 0 spiro atoms. The summed E-state index contributed by atoms with van der Waals surface area (Å²) in [4.78, 5) is 24.4. The number of fused-ring (bicyclic) bond motifs is 1. The molecule has 0 N–H and O–H groups in total. The molecule has 4 heteroatoms. The summed E-state index contributed by atoms with van der Waals surface area (Å²) in [6, 6.07) is 14.2. The van der Waals surface area contributed by atoms with Crippen LogP contribution < -0.4 is 0 Å². The molecule has 1 aromatic rings. The van der Waals surface area contributed by atoms with Crippen molar-refractivity contribution >= 4 is 17.8 Å². The number of hydrogen-bond donors (Lipinski definition) is 0. The van der Waals surface area contributed by atoms with Gasteiger partial charge >= 0.3 is 5.97 Å². The monoisotopic (exact) mass is 306 g/mol. The molecule has 4 nitrogen and oxygen atoms in total. The van der Waals surface area contributed by atoms with Crippen LogP contribution in [0.5, 0.6) is 0 Å². The zero-order valence-electron chi connectivity index (χ0n) is 12.5. The van der Waals surface area contributed by atoms with E-state index in [1.165, 1.54) is 19.4 Å². The van der Waals surface area contributed by atoms with Gasteiger partial charge in [-0.3, -0.25) is 4.79 Å². The fraction of sp³-hybridized carbons (Fsp3) is 0.0526. The predicted molar refractivity (Wildman–Crippen MR) is 86.5 cm³/mol. The third-order valence-corrected chi connectivity index (χ3v) is 3.52. The third-order valence-electron chi connectivity index (χ3n) is 3.52. The Balaban J connectivity index is 2.04. The molecule has 0 aromatic carbocycles. The van der Waals surface area contributed by atoms with E-state index in [9.17, 15) is 9.59 Å². The minimum absolute atomic E-state index is 0.201. The molecule has 0 saturated carbocycles. The van der Waals surface area contributed by atoms with Gasteiger partial charge in [-0.05, 0) is 41.5 Å². The van der Waals surface area contributed by atoms with Crippen molar-refractivity contribution in [2.75, 3.05) is 7.11 Å². The largest absolute Gasteiger partial charge is 0.465 e. The number of ether oxygens (including phenoxy) is 1. The molecule has 2 aliphatic carbocycles. The molecule has 0 aliphatic heterocycles. The van der Waals surface area contributed by atoms with E-state index in [1.807, 2.05) is 24.3 Å². The molecule has 0 unspecified atom stereocenters. The highest BCUT2D eigenvalue weighted by Crippen LogP contribution is 2.32. The number of carbonyl (C=O) groups is 2. The van der Waals surface area contributed by atoms with E-state index >= 15 is 0 Å². The van der Waals surface area contributed by atoms with Gasteiger partial charge in [-0.15, -0.1) is 0 Å². The van der Waals surface area contributed by atoms with Gasteiger partial charge in [0.25, 0.3) is 0 Å². The normalized spacial score (nSPS) is 11.0. The lowest BCUT2D eigenvalue weighted by molar-refractivity contribution is 0.0602. The minimum Gasteiger partial charge on any atom is -0.465 e. The zero-order valence-corrected chi connectivity index (χ0v) is 12.5. The summed E-state index contributed by atoms with van der Waals surface area (Å²) in [6.07, 6.45) is 4.57. The predicted octanol–water partition coefficient (Wildman–Crippen LogP) is 4.07. The molecule has 114 valence electrons. The Hall–Kier alpha value is -3.14. The molecule has 3 rings (SSSR count). The molecule has 0 amide bonds. The second kappa shape index (κ2) is 6.32. The zero-order chi connectivity index (χ0) is 16.2. The number of hydrogen-bond acceptors (Lipinski definition) is 4. The summed E-state index contributed by atoms with van der Waals surface area (Å²) < 4.78 is 9.97. The topological polar surface area (TPSA) is 56.5 Å². The maximum atomic E-state index is 12.5. The highest BCUT2D eigenvalue weighted by Gasteiger charge is 2.22. The quantitative estimate of drug-likeness (QED) is 0.414. The average molecular weight is 306 g/mol. The van der Waals surface area contributed by atoms with E-state index in [-0.39, 0.29) is 5.78 Å². The van der Waals surface area contributed by atoms with Gasteiger partial charge in [-0.1, -0.05) is 30.3 Å². The maximum Gasteiger partial charge on any atom is 0.338 e. The van der Waals surface area contributed by atoms with Crippen molar-refractivity contribution in [2.45, 2.75) is 0 Å². The van der Waals surface area contributed by atoms with Crippen LogP contribution in [0.2, 0.25) is 0 Å². The molecule has 0 saturated heterocycles. The van der Waals surface area contributed by atoms with Crippen LogP contribution in [0.25, 0.3) is 17.2 Å². The number of ketones is 1. The number of carbonyl (C=O) groups excluding carboxylic acids is 2. The lowest BCUT2D eigenvalue weighted by Gasteiger charge is -1.99. The van der Waals surface area contributed by atoms with Crippen LogP contribution in [0.3, 0.4) is 0 Å². The number of esters is 1. The van der Waals surface area contributed by atoms with E-state index < -0.39 is 5.97 Å². The van der Waals surface area contributed by atoms with Crippen molar-refractivity contribution in [3.63, 3.8) is 0 Å². The van der Waals surface area contributed by atoms with Gasteiger partial charge < -0.3 is 9.15 Å². The number of rotatable bonds is 4.